The predicted molar refractivity (Wildman–Crippen MR) is 80.8 cm³/mol. The molecule has 8 nitrogen and oxygen atoms in total. The highest BCUT2D eigenvalue weighted by molar-refractivity contribution is 5.69. The number of imidazole rings is 1. The maximum Gasteiger partial charge on any atom is 0.332 e. The minimum Gasteiger partial charge on any atom is -0.361 e. The van der Waals surface area contributed by atoms with Gasteiger partial charge in [0.1, 0.15) is 6.73 Å². The van der Waals surface area contributed by atoms with Gasteiger partial charge in [0.15, 0.2) is 11.2 Å². The quantitative estimate of drug-likeness (QED) is 0.850. The number of nitrogens with zero attached hydrogens (tertiary/aromatic N) is 4. The number of rotatable bonds is 6. The van der Waals surface area contributed by atoms with Gasteiger partial charge >= 0.3 is 5.69 Å². The van der Waals surface area contributed by atoms with Crippen molar-refractivity contribution in [2.75, 3.05) is 6.61 Å². The van der Waals surface area contributed by atoms with Crippen LogP contribution >= 0.6 is 0 Å². The van der Waals surface area contributed by atoms with Crippen LogP contribution in [0.1, 0.15) is 26.7 Å². The lowest BCUT2D eigenvalue weighted by atomic mass is 10.3. The van der Waals surface area contributed by atoms with Crippen molar-refractivity contribution in [2.45, 2.75) is 40.0 Å². The van der Waals surface area contributed by atoms with Crippen LogP contribution in [0.4, 0.5) is 0 Å². The molecule has 0 radical (unpaired) electrons. The summed E-state index contributed by atoms with van der Waals surface area (Å²) in [6.07, 6.45) is 3.25. The molecule has 0 fully saturated rings. The molecule has 0 aliphatic heterocycles. The Morgan fingerprint density at radius 3 is 2.62 bits per heavy atom. The van der Waals surface area contributed by atoms with Crippen molar-refractivity contribution in [2.24, 2.45) is 7.05 Å². The monoisotopic (exact) mass is 297 g/mol. The molecule has 0 atom stereocenters. The summed E-state index contributed by atoms with van der Waals surface area (Å²) < 4.78 is 9.65. The fourth-order valence-corrected chi connectivity index (χ4v) is 2.12. The lowest BCUT2D eigenvalue weighted by Crippen LogP contribution is -2.39. The summed E-state index contributed by atoms with van der Waals surface area (Å²) in [5, 5.41) is 0. The highest BCUT2D eigenvalue weighted by atomic mass is 16.5. The van der Waals surface area contributed by atoms with E-state index >= 15 is 0 Å². The Kier molecular flexibility index (Phi) is 5.86. The summed E-state index contributed by atoms with van der Waals surface area (Å²) >= 11 is 0. The molecule has 2 rings (SSSR count). The van der Waals surface area contributed by atoms with Crippen molar-refractivity contribution in [1.29, 1.82) is 0 Å². The molecule has 8 heteroatoms. The Labute approximate surface area is 122 Å². The van der Waals surface area contributed by atoms with E-state index < -0.39 is 0 Å². The van der Waals surface area contributed by atoms with Crippen LogP contribution in [0.5, 0.6) is 0 Å². The average Bonchev–Trinajstić information content (AvgIpc) is 2.87. The molecule has 0 aliphatic rings. The fraction of sp³-hybridized carbons (Fsp3) is 0.615. The summed E-state index contributed by atoms with van der Waals surface area (Å²) in [7, 11) is 1.63. The van der Waals surface area contributed by atoms with E-state index in [2.05, 4.69) is 4.98 Å². The van der Waals surface area contributed by atoms with Crippen LogP contribution in [0.2, 0.25) is 0 Å². The lowest BCUT2D eigenvalue weighted by molar-refractivity contribution is 0.0903. The second kappa shape index (κ2) is 7.19. The van der Waals surface area contributed by atoms with Gasteiger partial charge in [-0.1, -0.05) is 13.3 Å². The molecule has 2 aromatic heterocycles. The number of hydrogen-bond acceptors (Lipinski definition) is 5. The van der Waals surface area contributed by atoms with E-state index in [0.29, 0.717) is 24.3 Å². The van der Waals surface area contributed by atoms with Gasteiger partial charge in [-0.25, -0.2) is 9.78 Å². The van der Waals surface area contributed by atoms with Gasteiger partial charge in [-0.05, 0) is 13.3 Å². The molecular formula is C13H23N5O3. The van der Waals surface area contributed by atoms with Crippen LogP contribution in [-0.4, -0.2) is 25.3 Å². The zero-order valence-corrected chi connectivity index (χ0v) is 12.8. The minimum absolute atomic E-state index is 0. The third kappa shape index (κ3) is 3.06. The molecule has 21 heavy (non-hydrogen) atoms. The van der Waals surface area contributed by atoms with Crippen molar-refractivity contribution in [3.63, 3.8) is 0 Å². The highest BCUT2D eigenvalue weighted by Crippen LogP contribution is 2.06. The minimum atomic E-state index is -0.322. The molecule has 0 bridgehead atoms. The van der Waals surface area contributed by atoms with Gasteiger partial charge in [0.2, 0.25) is 0 Å². The van der Waals surface area contributed by atoms with Gasteiger partial charge in [-0.15, -0.1) is 0 Å². The molecule has 0 unspecified atom stereocenters. The topological polar surface area (TPSA) is 106 Å². The van der Waals surface area contributed by atoms with Gasteiger partial charge < -0.3 is 15.5 Å². The predicted octanol–water partition coefficient (Wildman–Crippen LogP) is 0.853. The largest absolute Gasteiger partial charge is 0.361 e. The third-order valence-corrected chi connectivity index (χ3v) is 3.27. The van der Waals surface area contributed by atoms with E-state index in [9.17, 15) is 9.59 Å². The van der Waals surface area contributed by atoms with Crippen LogP contribution in [0.3, 0.4) is 0 Å². The van der Waals surface area contributed by atoms with E-state index in [4.69, 9.17) is 4.74 Å². The molecule has 2 aromatic rings. The lowest BCUT2D eigenvalue weighted by Gasteiger charge is -2.09. The number of fused-ring (bicyclic) bond motifs is 1. The van der Waals surface area contributed by atoms with E-state index in [0.717, 1.165) is 12.8 Å². The van der Waals surface area contributed by atoms with Gasteiger partial charge in [0, 0.05) is 20.2 Å². The van der Waals surface area contributed by atoms with E-state index in [1.807, 2.05) is 13.8 Å². The number of aromatic nitrogens is 4. The second-order valence-corrected chi connectivity index (χ2v) is 4.66. The van der Waals surface area contributed by atoms with Crippen molar-refractivity contribution in [3.05, 3.63) is 27.2 Å². The van der Waals surface area contributed by atoms with E-state index in [-0.39, 0.29) is 24.1 Å². The summed E-state index contributed by atoms with van der Waals surface area (Å²) in [5.74, 6) is 0. The number of aryl methyl sites for hydroxylation is 1. The number of ether oxygens (including phenoxy) is 1. The highest BCUT2D eigenvalue weighted by Gasteiger charge is 2.15. The van der Waals surface area contributed by atoms with Crippen molar-refractivity contribution >= 4 is 11.2 Å². The second-order valence-electron chi connectivity index (χ2n) is 4.66. The fourth-order valence-electron chi connectivity index (χ4n) is 2.12. The smallest absolute Gasteiger partial charge is 0.332 e. The molecule has 2 heterocycles. The Bertz CT molecular complexity index is 713. The molecule has 0 saturated heterocycles. The van der Waals surface area contributed by atoms with Crippen LogP contribution < -0.4 is 17.4 Å². The maximum atomic E-state index is 12.5. The Morgan fingerprint density at radius 1 is 1.29 bits per heavy atom. The Hall–Kier alpha value is -1.93. The first-order chi connectivity index (χ1) is 9.61. The molecule has 0 saturated carbocycles. The van der Waals surface area contributed by atoms with Crippen molar-refractivity contribution in [1.82, 2.24) is 24.8 Å². The molecule has 118 valence electrons. The van der Waals surface area contributed by atoms with Crippen LogP contribution in [-0.2, 0) is 25.1 Å². The van der Waals surface area contributed by atoms with Crippen LogP contribution in [0.25, 0.3) is 11.2 Å². The third-order valence-electron chi connectivity index (χ3n) is 3.27. The molecular weight excluding hydrogens is 274 g/mol. The van der Waals surface area contributed by atoms with E-state index in [1.54, 1.807) is 11.6 Å². The maximum absolute atomic E-state index is 12.5. The van der Waals surface area contributed by atoms with Gasteiger partial charge in [0.05, 0.1) is 6.33 Å². The summed E-state index contributed by atoms with van der Waals surface area (Å²) in [6.45, 7) is 5.14. The molecule has 0 aliphatic carbocycles. The summed E-state index contributed by atoms with van der Waals surface area (Å²) in [4.78, 5) is 28.8. The summed E-state index contributed by atoms with van der Waals surface area (Å²) in [5.41, 5.74) is 0.190. The van der Waals surface area contributed by atoms with Crippen LogP contribution in [0.15, 0.2) is 15.9 Å². The Morgan fingerprint density at radius 2 is 2.00 bits per heavy atom. The first kappa shape index (κ1) is 17.1. The first-order valence-electron chi connectivity index (χ1n) is 6.84. The van der Waals surface area contributed by atoms with Crippen molar-refractivity contribution in [3.8, 4) is 0 Å². The molecule has 0 aromatic carbocycles. The number of hydrogen-bond donors (Lipinski definition) is 1. The van der Waals surface area contributed by atoms with E-state index in [1.165, 1.54) is 15.5 Å². The first-order valence-corrected chi connectivity index (χ1v) is 6.84. The SMILES string of the molecule is CCCCn1c(=O)c2c(ncn2COCC)n(C)c1=O.N. The van der Waals surface area contributed by atoms with Crippen LogP contribution in [0, 0.1) is 0 Å². The van der Waals surface area contributed by atoms with Crippen molar-refractivity contribution < 1.29 is 4.74 Å². The Balaban J connectivity index is 0.00000220. The van der Waals surface area contributed by atoms with Gasteiger partial charge in [-0.3, -0.25) is 13.9 Å². The molecule has 0 spiro atoms. The average molecular weight is 297 g/mol. The normalized spacial score (nSPS) is 10.8. The molecule has 3 N–H and O–H groups in total. The molecule has 0 amide bonds. The zero-order chi connectivity index (χ0) is 14.7. The van der Waals surface area contributed by atoms with Gasteiger partial charge in [0.25, 0.3) is 5.56 Å². The number of unbranched alkanes of at least 4 members (excludes halogenated alkanes) is 1. The summed E-state index contributed by atoms with van der Waals surface area (Å²) in [6, 6.07) is 0. The van der Waals surface area contributed by atoms with Gasteiger partial charge in [-0.2, -0.15) is 0 Å². The zero-order valence-electron chi connectivity index (χ0n) is 12.8. The standard InChI is InChI=1S/C13H20N4O3.H3N/c1-4-6-7-17-12(18)10-11(15(3)13(17)19)14-8-16(10)9-20-5-2;/h8H,4-7,9H2,1-3H3;1H3.